The molecule has 4 bridgehead atoms. The number of primary amides is 1. The van der Waals surface area contributed by atoms with E-state index in [2.05, 4.69) is 74.4 Å². The SMILES string of the molecule is CCOCCOCC(=O)NCCOCCOCC(=O)N[C@H]1CSSC[C@@H]2NC(=O)[C@@H]3CSSC[C@@H](C(=O)N[C@@H](Cc4ccc(O)cc4)C(=O)O)NC(=O)CNC(=O)[C@H]([C@@H](C)O)NC(=O)[C@H](CSSC[C@H](NC1=O)C(=O)N[C@@H](CCC(=O)O)C(=O)N[C@@H](Cc1ccc(O)cc1)C(=O)N3)NC(=O)[C@H](C)NC(=O)[C@@H]1CCCN1C(=O)[C@H](CC(N)=O)NC2=O. The molecule has 662 valence electrons. The fraction of sp³-hybridized carbons (Fsp3) is 0.577. The van der Waals surface area contributed by atoms with Gasteiger partial charge >= 0.3 is 11.9 Å². The zero-order valence-corrected chi connectivity index (χ0v) is 70.3. The van der Waals surface area contributed by atoms with Crippen LogP contribution in [0.15, 0.2) is 48.5 Å². The van der Waals surface area contributed by atoms with Crippen molar-refractivity contribution < 1.29 is 131 Å². The first-order chi connectivity index (χ1) is 57.2. The number of aliphatic hydroxyl groups is 1. The summed E-state index contributed by atoms with van der Waals surface area (Å²) in [6.45, 7) is 2.62. The Morgan fingerprint density at radius 3 is 1.65 bits per heavy atom. The van der Waals surface area contributed by atoms with E-state index in [4.69, 9.17) is 24.7 Å². The lowest BCUT2D eigenvalue weighted by atomic mass is 10.0. The molecule has 2 aromatic carbocycles. The molecule has 21 N–H and O–H groups in total. The minimum absolute atomic E-state index is 0.0103. The van der Waals surface area contributed by atoms with Gasteiger partial charge < -0.3 is 130 Å². The molecule has 43 nitrogen and oxygen atoms in total. The summed E-state index contributed by atoms with van der Waals surface area (Å²) in [7, 11) is 4.35. The summed E-state index contributed by atoms with van der Waals surface area (Å²) < 4.78 is 21.5. The fourth-order valence-corrected chi connectivity index (χ4v) is 18.5. The van der Waals surface area contributed by atoms with Gasteiger partial charge in [0.25, 0.3) is 0 Å². The number of amides is 16. The Morgan fingerprint density at radius 2 is 1.07 bits per heavy atom. The van der Waals surface area contributed by atoms with Gasteiger partial charge in [0, 0.05) is 73.5 Å². The molecule has 0 aliphatic carbocycles. The van der Waals surface area contributed by atoms with Gasteiger partial charge in [0.05, 0.1) is 52.1 Å². The summed E-state index contributed by atoms with van der Waals surface area (Å²) in [6, 6.07) is -13.0. The minimum Gasteiger partial charge on any atom is -0.508 e. The number of rotatable bonds is 28. The van der Waals surface area contributed by atoms with Crippen molar-refractivity contribution in [3.63, 3.8) is 0 Å². The standard InChI is InChI=1S/C71H100N16O27S6/c1-4-111-20-22-113-28-55(93)73-17-19-112-21-23-114-29-56(94)77-47-31-116-117-33-49-65(103)80-44(26-53(72)91)70(108)87-18-5-6-52(87)68(106)75-36(2)59(97)82-51-35-120-119-32-48(84-63(47)101)64(102)78-42(15-16-57(95)96)60(98)79-43(24-38-7-11-40(89)12-8-38)61(99)83-50(66(104)85-49)34-118-115-30-46(76-54(92)27-74-69(107)58(37(3)88)86-67(51)105)62(100)81-45(71(109)110)25-39-9-13-41(90)14-10-39/h7-14,36-37,42-52,58,88-90H,4-6,15-35H2,1-3H3,(H2,72,91)(H,73,93)(H,74,107)(H,75,106)(H,76,92)(H,77,94)(H,78,102)(H,79,98)(H,80,103)(H,81,100)(H,82,97)(H,83,99)(H,84,101)(H,85,104)(H,86,105)(H,95,96)(H,109,110)/t36-,37+,42-,43-,44-,45-,46-,47-,48-,49-,50-,51-,52-,58-/m0/s1. The number of nitrogens with zero attached hydrogens (tertiary/aromatic N) is 1. The number of carboxylic acid groups (broad SMARTS) is 2. The van der Waals surface area contributed by atoms with Crippen LogP contribution in [-0.4, -0.2) is 329 Å². The number of hydrogen-bond acceptors (Lipinski definition) is 31. The van der Waals surface area contributed by atoms with Crippen LogP contribution in [0.5, 0.6) is 11.5 Å². The maximum absolute atomic E-state index is 15.4. The Morgan fingerprint density at radius 1 is 0.558 bits per heavy atom. The predicted octanol–water partition coefficient (Wildman–Crippen LogP) is -6.58. The van der Waals surface area contributed by atoms with E-state index in [1.54, 1.807) is 0 Å². The van der Waals surface area contributed by atoms with Crippen LogP contribution in [0.25, 0.3) is 0 Å². The van der Waals surface area contributed by atoms with Gasteiger partial charge in [0.15, 0.2) is 0 Å². The number of carboxylic acids is 2. The summed E-state index contributed by atoms with van der Waals surface area (Å²) in [5.41, 5.74) is 6.25. The molecule has 4 aliphatic heterocycles. The third-order valence-corrected chi connectivity index (χ3v) is 25.1. The van der Waals surface area contributed by atoms with E-state index >= 15 is 24.0 Å². The summed E-state index contributed by atoms with van der Waals surface area (Å²) >= 11 is 0. The van der Waals surface area contributed by atoms with Gasteiger partial charge in [-0.05, 0) is 75.4 Å². The first-order valence-electron chi connectivity index (χ1n) is 37.7. The number of nitrogens with one attached hydrogen (secondary N) is 14. The van der Waals surface area contributed by atoms with Crippen molar-refractivity contribution in [1.29, 1.82) is 0 Å². The van der Waals surface area contributed by atoms with Crippen LogP contribution in [0.1, 0.15) is 64.0 Å². The van der Waals surface area contributed by atoms with Crippen LogP contribution in [0.4, 0.5) is 0 Å². The van der Waals surface area contributed by atoms with Gasteiger partial charge in [0.1, 0.15) is 103 Å². The highest BCUT2D eigenvalue weighted by Gasteiger charge is 2.42. The Balaban J connectivity index is 1.53. The number of aliphatic hydroxyl groups excluding tert-OH is 1. The van der Waals surface area contributed by atoms with Crippen LogP contribution < -0.4 is 80.2 Å². The van der Waals surface area contributed by atoms with Crippen LogP contribution in [0.2, 0.25) is 0 Å². The molecule has 0 saturated carbocycles. The molecule has 4 aliphatic rings. The van der Waals surface area contributed by atoms with E-state index in [0.29, 0.717) is 62.0 Å². The van der Waals surface area contributed by atoms with Gasteiger partial charge in [-0.25, -0.2) is 4.79 Å². The number of ether oxygens (including phenoxy) is 4. The number of nitrogens with two attached hydrogens (primary N) is 1. The second kappa shape index (κ2) is 51.9. The smallest absolute Gasteiger partial charge is 0.326 e. The minimum atomic E-state index is -1.98. The topological polar surface area (TPSA) is 643 Å². The fourth-order valence-electron chi connectivity index (χ4n) is 11.5. The first-order valence-corrected chi connectivity index (χ1v) is 45.1. The average Bonchev–Trinajstić information content (AvgIpc) is 1.64. The second-order valence-corrected chi connectivity index (χ2v) is 34.9. The number of carbonyl (C=O) groups excluding carboxylic acids is 16. The number of aliphatic carboxylic acids is 2. The van der Waals surface area contributed by atoms with Gasteiger partial charge in [-0.15, -0.1) is 0 Å². The van der Waals surface area contributed by atoms with E-state index in [-0.39, 0.29) is 82.4 Å². The number of phenols is 2. The van der Waals surface area contributed by atoms with Crippen molar-refractivity contribution in [2.45, 2.75) is 150 Å². The molecule has 4 heterocycles. The van der Waals surface area contributed by atoms with Crippen molar-refractivity contribution >= 4 is 171 Å². The Bertz CT molecular complexity index is 3920. The van der Waals surface area contributed by atoms with Crippen molar-refractivity contribution in [2.24, 2.45) is 5.73 Å². The first kappa shape index (κ1) is 99.2. The third kappa shape index (κ3) is 34.9. The maximum Gasteiger partial charge on any atom is 0.326 e. The van der Waals surface area contributed by atoms with Crippen LogP contribution in [0.3, 0.4) is 0 Å². The largest absolute Gasteiger partial charge is 0.508 e. The summed E-state index contributed by atoms with van der Waals surface area (Å²) in [6.07, 6.45) is -5.14. The molecule has 16 amide bonds. The van der Waals surface area contributed by atoms with Gasteiger partial charge in [-0.2, -0.15) is 0 Å². The lowest BCUT2D eigenvalue weighted by Crippen LogP contribution is -2.62. The van der Waals surface area contributed by atoms with Gasteiger partial charge in [-0.3, -0.25) is 81.5 Å². The Kier molecular flexibility index (Phi) is 42.9. The van der Waals surface area contributed by atoms with E-state index in [1.807, 2.05) is 6.92 Å². The highest BCUT2D eigenvalue weighted by molar-refractivity contribution is 8.77. The van der Waals surface area contributed by atoms with E-state index in [9.17, 15) is 87.9 Å². The number of benzene rings is 2. The number of hydrogen-bond donors (Lipinski definition) is 20. The van der Waals surface area contributed by atoms with E-state index < -0.39 is 264 Å². The number of aromatic hydroxyl groups is 2. The van der Waals surface area contributed by atoms with E-state index in [0.717, 1.165) is 33.4 Å². The molecule has 0 radical (unpaired) electrons. The number of fused-ring (bicyclic) bond motifs is 20. The summed E-state index contributed by atoms with van der Waals surface area (Å²) in [5.74, 6) is -24.6. The lowest BCUT2D eigenvalue weighted by Gasteiger charge is -2.30. The molecular weight excluding hydrogens is 1700 g/mol. The average molecular weight is 1800 g/mol. The molecule has 6 rings (SSSR count). The number of phenolic OH excluding ortho intramolecular Hbond substituents is 2. The van der Waals surface area contributed by atoms with Crippen molar-refractivity contribution in [3.05, 3.63) is 59.7 Å². The third-order valence-electron chi connectivity index (χ3n) is 17.9. The molecule has 0 aromatic heterocycles. The predicted molar refractivity (Wildman–Crippen MR) is 437 cm³/mol. The van der Waals surface area contributed by atoms with Crippen LogP contribution >= 0.6 is 64.8 Å². The van der Waals surface area contributed by atoms with Gasteiger partial charge in [0.2, 0.25) is 94.5 Å². The number of carbonyl (C=O) groups is 18. The van der Waals surface area contributed by atoms with Crippen molar-refractivity contribution in [1.82, 2.24) is 79.3 Å². The summed E-state index contributed by atoms with van der Waals surface area (Å²) in [4.78, 5) is 257. The molecule has 14 atom stereocenters. The lowest BCUT2D eigenvalue weighted by molar-refractivity contribution is -0.143. The molecule has 4 fully saturated rings. The van der Waals surface area contributed by atoms with Crippen molar-refractivity contribution in [2.75, 3.05) is 107 Å². The molecule has 0 spiro atoms. The second-order valence-electron chi connectivity index (χ2n) is 27.2. The van der Waals surface area contributed by atoms with Crippen LogP contribution in [-0.2, 0) is 118 Å². The Hall–Kier alpha value is -9.60. The zero-order valence-electron chi connectivity index (χ0n) is 65.4. The molecule has 2 aromatic rings. The molecule has 4 saturated heterocycles. The van der Waals surface area contributed by atoms with Crippen molar-refractivity contribution in [3.8, 4) is 11.5 Å². The highest BCUT2D eigenvalue weighted by Crippen LogP contribution is 2.28. The molecule has 0 unspecified atom stereocenters. The van der Waals surface area contributed by atoms with Gasteiger partial charge in [-0.1, -0.05) is 89.0 Å². The molecule has 120 heavy (non-hydrogen) atoms. The molecular formula is C71H100N16O27S6. The van der Waals surface area contributed by atoms with Crippen LogP contribution in [0, 0.1) is 0 Å². The normalized spacial score (nSPS) is 24.8. The monoisotopic (exact) mass is 1800 g/mol. The van der Waals surface area contributed by atoms with E-state index in [1.165, 1.54) is 55.5 Å². The quantitative estimate of drug-likeness (QED) is 0.0214. The summed E-state index contributed by atoms with van der Waals surface area (Å²) in [5, 5.41) is 86.2. The molecule has 49 heteroatoms. The zero-order chi connectivity index (χ0) is 88.0. The highest BCUT2D eigenvalue weighted by atomic mass is 33.1. The maximum atomic E-state index is 15.4. The Labute approximate surface area is 711 Å².